The number of nitrogens with zero attached hydrogens (tertiary/aromatic N) is 1. The van der Waals surface area contributed by atoms with E-state index in [-0.39, 0.29) is 11.9 Å². The number of morpholine rings is 1. The van der Waals surface area contributed by atoms with E-state index in [2.05, 4.69) is 58.9 Å². The maximum atomic E-state index is 13.1. The lowest BCUT2D eigenvalue weighted by molar-refractivity contribution is 0.0162. The summed E-state index contributed by atoms with van der Waals surface area (Å²) in [6.45, 7) is 5.90. The van der Waals surface area contributed by atoms with Gasteiger partial charge in [-0.05, 0) is 36.1 Å². The molecule has 0 aliphatic carbocycles. The van der Waals surface area contributed by atoms with Crippen molar-refractivity contribution in [2.75, 3.05) is 32.8 Å². The van der Waals surface area contributed by atoms with Crippen molar-refractivity contribution in [3.63, 3.8) is 0 Å². The maximum absolute atomic E-state index is 13.1. The van der Waals surface area contributed by atoms with E-state index in [1.807, 2.05) is 24.3 Å². The standard InChI is InChI=1S/C25H28N2O2S2/c1-19-8-10-20(11-9-19)23(27-12-14-29-15-13-27)17-26-25(28)22-6-2-3-7-24(22)31-18-21-5-4-16-30-21/h2-11,16,23H,12-15,17-18H2,1H3,(H,26,28). The van der Waals surface area contributed by atoms with Crippen molar-refractivity contribution in [1.82, 2.24) is 10.2 Å². The molecule has 4 rings (SSSR count). The van der Waals surface area contributed by atoms with Gasteiger partial charge in [-0.2, -0.15) is 0 Å². The second kappa shape index (κ2) is 11.0. The molecule has 2 aromatic carbocycles. The number of carbonyl (C=O) groups is 1. The van der Waals surface area contributed by atoms with Crippen LogP contribution in [-0.4, -0.2) is 43.7 Å². The quantitative estimate of drug-likeness (QED) is 0.480. The molecule has 1 aromatic heterocycles. The highest BCUT2D eigenvalue weighted by molar-refractivity contribution is 7.98. The fourth-order valence-electron chi connectivity index (χ4n) is 3.74. The van der Waals surface area contributed by atoms with Gasteiger partial charge in [-0.1, -0.05) is 48.0 Å². The minimum absolute atomic E-state index is 0.0142. The molecule has 1 aliphatic rings. The summed E-state index contributed by atoms with van der Waals surface area (Å²) in [6.07, 6.45) is 0. The van der Waals surface area contributed by atoms with Gasteiger partial charge in [-0.15, -0.1) is 23.1 Å². The molecule has 2 heterocycles. The Balaban J connectivity index is 1.45. The molecule has 1 aliphatic heterocycles. The van der Waals surface area contributed by atoms with Crippen molar-refractivity contribution in [3.05, 3.63) is 87.6 Å². The number of hydrogen-bond donors (Lipinski definition) is 1. The molecule has 6 heteroatoms. The summed E-state index contributed by atoms with van der Waals surface area (Å²) < 4.78 is 5.54. The first-order valence-corrected chi connectivity index (χ1v) is 12.5. The lowest BCUT2D eigenvalue weighted by Crippen LogP contribution is -2.43. The zero-order chi connectivity index (χ0) is 21.5. The van der Waals surface area contributed by atoms with Crippen LogP contribution in [-0.2, 0) is 10.5 Å². The van der Waals surface area contributed by atoms with E-state index >= 15 is 0 Å². The van der Waals surface area contributed by atoms with Crippen LogP contribution in [0.4, 0.5) is 0 Å². The second-order valence-electron chi connectivity index (χ2n) is 7.65. The fourth-order valence-corrected chi connectivity index (χ4v) is 5.57. The van der Waals surface area contributed by atoms with Crippen LogP contribution >= 0.6 is 23.1 Å². The lowest BCUT2D eigenvalue weighted by atomic mass is 10.0. The van der Waals surface area contributed by atoms with Crippen LogP contribution in [0.15, 0.2) is 70.9 Å². The Morgan fingerprint density at radius 2 is 1.87 bits per heavy atom. The van der Waals surface area contributed by atoms with Crippen molar-refractivity contribution in [2.45, 2.75) is 23.6 Å². The van der Waals surface area contributed by atoms with E-state index in [1.54, 1.807) is 23.1 Å². The predicted octanol–water partition coefficient (Wildman–Crippen LogP) is 5.15. The van der Waals surface area contributed by atoms with Crippen molar-refractivity contribution in [3.8, 4) is 0 Å². The van der Waals surface area contributed by atoms with E-state index in [1.165, 1.54) is 16.0 Å². The number of ether oxygens (including phenoxy) is 1. The summed E-state index contributed by atoms with van der Waals surface area (Å²) in [5.74, 6) is 0.863. The number of amides is 1. The van der Waals surface area contributed by atoms with Crippen LogP contribution < -0.4 is 5.32 Å². The molecule has 4 nitrogen and oxygen atoms in total. The van der Waals surface area contributed by atoms with E-state index in [0.717, 1.165) is 42.5 Å². The molecular formula is C25H28N2O2S2. The molecule has 1 fully saturated rings. The summed E-state index contributed by atoms with van der Waals surface area (Å²) in [5, 5.41) is 5.30. The third-order valence-electron chi connectivity index (χ3n) is 5.49. The summed E-state index contributed by atoms with van der Waals surface area (Å²) in [6, 6.07) is 20.8. The molecule has 0 radical (unpaired) electrons. The van der Waals surface area contributed by atoms with Crippen molar-refractivity contribution >= 4 is 29.0 Å². The zero-order valence-corrected chi connectivity index (χ0v) is 19.4. The molecule has 1 unspecified atom stereocenters. The Morgan fingerprint density at radius 3 is 2.61 bits per heavy atom. The van der Waals surface area contributed by atoms with Gasteiger partial charge in [0.2, 0.25) is 0 Å². The SMILES string of the molecule is Cc1ccc(C(CNC(=O)c2ccccc2SCc2cccs2)N2CCOCC2)cc1. The first-order chi connectivity index (χ1) is 15.2. The summed E-state index contributed by atoms with van der Waals surface area (Å²) >= 11 is 3.46. The molecule has 0 spiro atoms. The van der Waals surface area contributed by atoms with Gasteiger partial charge in [-0.3, -0.25) is 9.69 Å². The van der Waals surface area contributed by atoms with Crippen LogP contribution in [0, 0.1) is 6.92 Å². The smallest absolute Gasteiger partial charge is 0.252 e. The topological polar surface area (TPSA) is 41.6 Å². The molecule has 0 saturated carbocycles. The number of hydrogen-bond acceptors (Lipinski definition) is 5. The average Bonchev–Trinajstić information content (AvgIpc) is 3.33. The third-order valence-corrected chi connectivity index (χ3v) is 7.67. The third kappa shape index (κ3) is 5.98. The fraction of sp³-hybridized carbons (Fsp3) is 0.320. The van der Waals surface area contributed by atoms with E-state index < -0.39 is 0 Å². The highest BCUT2D eigenvalue weighted by Gasteiger charge is 2.24. The number of carbonyl (C=O) groups excluding carboxylic acids is 1. The van der Waals surface area contributed by atoms with Gasteiger partial charge in [0.05, 0.1) is 24.8 Å². The van der Waals surface area contributed by atoms with Gasteiger partial charge in [0, 0.05) is 35.2 Å². The lowest BCUT2D eigenvalue weighted by Gasteiger charge is -2.35. The minimum Gasteiger partial charge on any atom is -0.379 e. The molecule has 1 atom stereocenters. The Morgan fingerprint density at radius 1 is 1.10 bits per heavy atom. The Kier molecular flexibility index (Phi) is 7.81. The summed E-state index contributed by atoms with van der Waals surface area (Å²) in [4.78, 5) is 17.9. The minimum atomic E-state index is -0.0142. The summed E-state index contributed by atoms with van der Waals surface area (Å²) in [5.41, 5.74) is 3.21. The monoisotopic (exact) mass is 452 g/mol. The van der Waals surface area contributed by atoms with Gasteiger partial charge in [0.25, 0.3) is 5.91 Å². The normalized spacial score (nSPS) is 15.5. The molecular weight excluding hydrogens is 424 g/mol. The first-order valence-electron chi connectivity index (χ1n) is 10.6. The maximum Gasteiger partial charge on any atom is 0.252 e. The molecule has 0 bridgehead atoms. The molecule has 162 valence electrons. The largest absolute Gasteiger partial charge is 0.379 e. The van der Waals surface area contributed by atoms with Crippen LogP contribution in [0.1, 0.15) is 32.4 Å². The highest BCUT2D eigenvalue weighted by Crippen LogP contribution is 2.28. The van der Waals surface area contributed by atoms with Crippen LogP contribution in [0.3, 0.4) is 0 Å². The number of thioether (sulfide) groups is 1. The van der Waals surface area contributed by atoms with Crippen molar-refractivity contribution in [1.29, 1.82) is 0 Å². The molecule has 1 N–H and O–H groups in total. The van der Waals surface area contributed by atoms with Crippen molar-refractivity contribution in [2.24, 2.45) is 0 Å². The zero-order valence-electron chi connectivity index (χ0n) is 17.8. The van der Waals surface area contributed by atoms with Gasteiger partial charge in [0.15, 0.2) is 0 Å². The number of nitrogens with one attached hydrogen (secondary N) is 1. The molecule has 1 saturated heterocycles. The Hall–Kier alpha value is -2.12. The van der Waals surface area contributed by atoms with Crippen LogP contribution in [0.5, 0.6) is 0 Å². The van der Waals surface area contributed by atoms with E-state index in [9.17, 15) is 4.79 Å². The number of benzene rings is 2. The molecule has 31 heavy (non-hydrogen) atoms. The highest BCUT2D eigenvalue weighted by atomic mass is 32.2. The van der Waals surface area contributed by atoms with Gasteiger partial charge in [-0.25, -0.2) is 0 Å². The summed E-state index contributed by atoms with van der Waals surface area (Å²) in [7, 11) is 0. The van der Waals surface area contributed by atoms with E-state index in [0.29, 0.717) is 6.54 Å². The first kappa shape index (κ1) is 22.1. The van der Waals surface area contributed by atoms with E-state index in [4.69, 9.17) is 4.74 Å². The second-order valence-corrected chi connectivity index (χ2v) is 9.70. The van der Waals surface area contributed by atoms with Crippen LogP contribution in [0.2, 0.25) is 0 Å². The number of thiophene rings is 1. The average molecular weight is 453 g/mol. The number of rotatable bonds is 8. The Labute approximate surface area is 192 Å². The van der Waals surface area contributed by atoms with Gasteiger partial charge in [0.1, 0.15) is 0 Å². The molecule has 1 amide bonds. The number of aryl methyl sites for hydroxylation is 1. The van der Waals surface area contributed by atoms with Gasteiger partial charge >= 0.3 is 0 Å². The predicted molar refractivity (Wildman–Crippen MR) is 129 cm³/mol. The van der Waals surface area contributed by atoms with Crippen LogP contribution in [0.25, 0.3) is 0 Å². The van der Waals surface area contributed by atoms with Gasteiger partial charge < -0.3 is 10.1 Å². The van der Waals surface area contributed by atoms with Crippen molar-refractivity contribution < 1.29 is 9.53 Å². The molecule has 3 aromatic rings. The Bertz CT molecular complexity index is 967.